The van der Waals surface area contributed by atoms with Crippen LogP contribution in [0.2, 0.25) is 0 Å². The molecule has 1 N–H and O–H groups in total. The van der Waals surface area contributed by atoms with Gasteiger partial charge in [-0.2, -0.15) is 0 Å². The highest BCUT2D eigenvalue weighted by atomic mass is 35.5. The predicted octanol–water partition coefficient (Wildman–Crippen LogP) is 2.34. The molecule has 0 unspecified atom stereocenters. The first-order valence-corrected chi connectivity index (χ1v) is 5.59. The number of halogens is 1. The van der Waals surface area contributed by atoms with E-state index in [1.165, 1.54) is 0 Å². The molecule has 0 spiro atoms. The molecule has 3 nitrogen and oxygen atoms in total. The summed E-state index contributed by atoms with van der Waals surface area (Å²) in [5.74, 6) is 1.58. The normalized spacial score (nSPS) is 17.5. The molecule has 1 fully saturated rings. The molecular formula is C11H14ClNO2. The second-order valence-electron chi connectivity index (χ2n) is 4.23. The molecule has 1 aromatic rings. The number of hydrogen-bond donors (Lipinski definition) is 1. The van der Waals surface area contributed by atoms with Gasteiger partial charge in [-0.15, -0.1) is 11.6 Å². The Kier molecular flexibility index (Phi) is 2.74. The zero-order valence-electron chi connectivity index (χ0n) is 8.68. The Labute approximate surface area is 93.8 Å². The molecule has 0 aromatic carbocycles. The maximum atomic E-state index is 11.6. The van der Waals surface area contributed by atoms with Crippen LogP contribution in [0, 0.1) is 12.3 Å². The highest BCUT2D eigenvalue weighted by Crippen LogP contribution is 2.45. The number of carbonyl (C=O) groups excluding carboxylic acids is 1. The first kappa shape index (κ1) is 10.6. The van der Waals surface area contributed by atoms with Gasteiger partial charge in [-0.05, 0) is 31.9 Å². The number of furan rings is 1. The van der Waals surface area contributed by atoms with Crippen LogP contribution in [0.25, 0.3) is 0 Å². The number of alkyl halides is 1. The molecule has 82 valence electrons. The third kappa shape index (κ3) is 2.34. The first-order chi connectivity index (χ1) is 7.15. The van der Waals surface area contributed by atoms with Gasteiger partial charge in [-0.1, -0.05) is 0 Å². The Morgan fingerprint density at radius 2 is 2.33 bits per heavy atom. The lowest BCUT2D eigenvalue weighted by Gasteiger charge is -2.11. The quantitative estimate of drug-likeness (QED) is 0.803. The number of amides is 1. The standard InChI is InChI=1S/C11H14ClNO2/c1-8-2-3-9(15-8)10(14)13-7-11(6-12)4-5-11/h2-3H,4-7H2,1H3,(H,13,14). The first-order valence-electron chi connectivity index (χ1n) is 5.06. The number of carbonyl (C=O) groups is 1. The molecule has 4 heteroatoms. The molecule has 1 amide bonds. The molecule has 0 aliphatic heterocycles. The van der Waals surface area contributed by atoms with Gasteiger partial charge in [0.25, 0.3) is 5.91 Å². The Morgan fingerprint density at radius 3 is 2.80 bits per heavy atom. The van der Waals surface area contributed by atoms with Crippen LogP contribution in [-0.2, 0) is 0 Å². The third-order valence-corrected chi connectivity index (χ3v) is 3.40. The van der Waals surface area contributed by atoms with Crippen LogP contribution in [-0.4, -0.2) is 18.3 Å². The van der Waals surface area contributed by atoms with E-state index in [2.05, 4.69) is 5.32 Å². The van der Waals surface area contributed by atoms with Crippen molar-refractivity contribution in [2.24, 2.45) is 5.41 Å². The summed E-state index contributed by atoms with van der Waals surface area (Å²) in [6.07, 6.45) is 2.21. The number of nitrogens with one attached hydrogen (secondary N) is 1. The highest BCUT2D eigenvalue weighted by molar-refractivity contribution is 6.18. The van der Waals surface area contributed by atoms with E-state index in [0.29, 0.717) is 18.2 Å². The largest absolute Gasteiger partial charge is 0.456 e. The van der Waals surface area contributed by atoms with E-state index in [1.807, 2.05) is 6.92 Å². The van der Waals surface area contributed by atoms with Crippen LogP contribution >= 0.6 is 11.6 Å². The van der Waals surface area contributed by atoms with Gasteiger partial charge in [-0.3, -0.25) is 4.79 Å². The minimum Gasteiger partial charge on any atom is -0.456 e. The molecule has 0 bridgehead atoms. The molecule has 0 atom stereocenters. The second kappa shape index (κ2) is 3.89. The second-order valence-corrected chi connectivity index (χ2v) is 4.49. The molecule has 2 rings (SSSR count). The van der Waals surface area contributed by atoms with Crippen LogP contribution < -0.4 is 5.32 Å². The van der Waals surface area contributed by atoms with Crippen molar-refractivity contribution in [3.8, 4) is 0 Å². The lowest BCUT2D eigenvalue weighted by Crippen LogP contribution is -2.30. The minimum absolute atomic E-state index is 0.152. The van der Waals surface area contributed by atoms with Crippen molar-refractivity contribution in [3.05, 3.63) is 23.7 Å². The van der Waals surface area contributed by atoms with Crippen LogP contribution in [0.5, 0.6) is 0 Å². The summed E-state index contributed by atoms with van der Waals surface area (Å²) < 4.78 is 5.22. The van der Waals surface area contributed by atoms with Crippen molar-refractivity contribution < 1.29 is 9.21 Å². The Bertz CT molecular complexity index is 368. The summed E-state index contributed by atoms with van der Waals surface area (Å²) in [7, 11) is 0. The van der Waals surface area contributed by atoms with Gasteiger partial charge in [0.1, 0.15) is 5.76 Å². The van der Waals surface area contributed by atoms with Gasteiger partial charge in [0, 0.05) is 17.8 Å². The summed E-state index contributed by atoms with van der Waals surface area (Å²) in [6, 6.07) is 3.47. The summed E-state index contributed by atoms with van der Waals surface area (Å²) in [6.45, 7) is 2.47. The van der Waals surface area contributed by atoms with Crippen LogP contribution in [0.4, 0.5) is 0 Å². The summed E-state index contributed by atoms with van der Waals surface area (Å²) in [5.41, 5.74) is 0.152. The molecular weight excluding hydrogens is 214 g/mol. The fourth-order valence-electron chi connectivity index (χ4n) is 1.45. The van der Waals surface area contributed by atoms with Crippen LogP contribution in [0.15, 0.2) is 16.5 Å². The lowest BCUT2D eigenvalue weighted by atomic mass is 10.1. The summed E-state index contributed by atoms with van der Waals surface area (Å²) in [5, 5.41) is 2.85. The van der Waals surface area contributed by atoms with Gasteiger partial charge < -0.3 is 9.73 Å². The van der Waals surface area contributed by atoms with Crippen molar-refractivity contribution in [1.29, 1.82) is 0 Å². The van der Waals surface area contributed by atoms with E-state index in [1.54, 1.807) is 12.1 Å². The van der Waals surface area contributed by atoms with Crippen molar-refractivity contribution in [1.82, 2.24) is 5.32 Å². The van der Waals surface area contributed by atoms with Crippen molar-refractivity contribution in [2.45, 2.75) is 19.8 Å². The van der Waals surface area contributed by atoms with E-state index in [0.717, 1.165) is 18.6 Å². The molecule has 1 aromatic heterocycles. The van der Waals surface area contributed by atoms with E-state index in [4.69, 9.17) is 16.0 Å². The van der Waals surface area contributed by atoms with E-state index < -0.39 is 0 Å². The average molecular weight is 228 g/mol. The summed E-state index contributed by atoms with van der Waals surface area (Å²) in [4.78, 5) is 11.6. The number of aryl methyl sites for hydroxylation is 1. The molecule has 1 aliphatic rings. The van der Waals surface area contributed by atoms with E-state index in [-0.39, 0.29) is 11.3 Å². The molecule has 1 saturated carbocycles. The molecule has 0 radical (unpaired) electrons. The Morgan fingerprint density at radius 1 is 1.60 bits per heavy atom. The van der Waals surface area contributed by atoms with Crippen molar-refractivity contribution in [3.63, 3.8) is 0 Å². The van der Waals surface area contributed by atoms with E-state index in [9.17, 15) is 4.79 Å². The molecule has 1 aliphatic carbocycles. The monoisotopic (exact) mass is 227 g/mol. The maximum Gasteiger partial charge on any atom is 0.287 e. The third-order valence-electron chi connectivity index (χ3n) is 2.83. The molecule has 15 heavy (non-hydrogen) atoms. The Hall–Kier alpha value is -0.960. The smallest absolute Gasteiger partial charge is 0.287 e. The van der Waals surface area contributed by atoms with Gasteiger partial charge in [-0.25, -0.2) is 0 Å². The van der Waals surface area contributed by atoms with Gasteiger partial charge in [0.05, 0.1) is 0 Å². The fourth-order valence-corrected chi connectivity index (χ4v) is 1.81. The lowest BCUT2D eigenvalue weighted by molar-refractivity contribution is 0.0917. The predicted molar refractivity (Wildman–Crippen MR) is 58.2 cm³/mol. The topological polar surface area (TPSA) is 42.2 Å². The van der Waals surface area contributed by atoms with Gasteiger partial charge in [0.2, 0.25) is 0 Å². The van der Waals surface area contributed by atoms with Gasteiger partial charge in [0.15, 0.2) is 5.76 Å². The molecule has 1 heterocycles. The number of hydrogen-bond acceptors (Lipinski definition) is 2. The Balaban J connectivity index is 1.88. The van der Waals surface area contributed by atoms with Crippen molar-refractivity contribution >= 4 is 17.5 Å². The zero-order chi connectivity index (χ0) is 10.9. The number of rotatable bonds is 4. The van der Waals surface area contributed by atoms with E-state index >= 15 is 0 Å². The SMILES string of the molecule is Cc1ccc(C(=O)NCC2(CCl)CC2)o1. The van der Waals surface area contributed by atoms with Crippen molar-refractivity contribution in [2.75, 3.05) is 12.4 Å². The van der Waals surface area contributed by atoms with Crippen LogP contribution in [0.3, 0.4) is 0 Å². The fraction of sp³-hybridized carbons (Fsp3) is 0.545. The van der Waals surface area contributed by atoms with Crippen LogP contribution in [0.1, 0.15) is 29.2 Å². The minimum atomic E-state index is -0.153. The average Bonchev–Trinajstić information content (AvgIpc) is 2.90. The molecule has 0 saturated heterocycles. The highest BCUT2D eigenvalue weighted by Gasteiger charge is 2.41. The zero-order valence-corrected chi connectivity index (χ0v) is 9.43. The summed E-state index contributed by atoms with van der Waals surface area (Å²) >= 11 is 5.81. The maximum absolute atomic E-state index is 11.6. The van der Waals surface area contributed by atoms with Gasteiger partial charge >= 0.3 is 0 Å².